The lowest BCUT2D eigenvalue weighted by Gasteiger charge is -2.09. The highest BCUT2D eigenvalue weighted by Gasteiger charge is 2.22. The molecule has 104 valence electrons. The molecule has 19 heavy (non-hydrogen) atoms. The van der Waals surface area contributed by atoms with Gasteiger partial charge in [0.25, 0.3) is 0 Å². The zero-order valence-electron chi connectivity index (χ0n) is 11.1. The van der Waals surface area contributed by atoms with Crippen molar-refractivity contribution < 1.29 is 14.6 Å². The molecule has 1 aliphatic carbocycles. The maximum atomic E-state index is 11.5. The third kappa shape index (κ3) is 4.44. The molecule has 0 aliphatic heterocycles. The Balaban J connectivity index is 1.78. The fraction of sp³-hybridized carbons (Fsp3) is 0.500. The van der Waals surface area contributed by atoms with Gasteiger partial charge in [0.05, 0.1) is 13.2 Å². The summed E-state index contributed by atoms with van der Waals surface area (Å²) >= 11 is 0. The second-order valence-corrected chi connectivity index (χ2v) is 4.68. The van der Waals surface area contributed by atoms with Crippen LogP contribution in [0.15, 0.2) is 18.2 Å². The van der Waals surface area contributed by atoms with Gasteiger partial charge in [-0.1, -0.05) is 6.07 Å². The molecule has 0 atom stereocenters. The molecule has 1 aromatic rings. The Kier molecular flexibility index (Phi) is 4.63. The van der Waals surface area contributed by atoms with Gasteiger partial charge in [0.2, 0.25) is 5.91 Å². The summed E-state index contributed by atoms with van der Waals surface area (Å²) in [6.45, 7) is 3.25. The molecular weight excluding hydrogens is 244 g/mol. The van der Waals surface area contributed by atoms with E-state index in [-0.39, 0.29) is 11.7 Å². The van der Waals surface area contributed by atoms with Crippen molar-refractivity contribution in [3.63, 3.8) is 0 Å². The molecular formula is C14H20N2O3. The Labute approximate surface area is 113 Å². The average molecular weight is 264 g/mol. The van der Waals surface area contributed by atoms with E-state index in [9.17, 15) is 9.90 Å². The molecule has 3 N–H and O–H groups in total. The van der Waals surface area contributed by atoms with E-state index >= 15 is 0 Å². The lowest BCUT2D eigenvalue weighted by atomic mass is 10.2. The monoisotopic (exact) mass is 264 g/mol. The molecule has 1 saturated carbocycles. The molecule has 0 radical (unpaired) electrons. The molecule has 0 saturated heterocycles. The van der Waals surface area contributed by atoms with Gasteiger partial charge in [0.1, 0.15) is 0 Å². The minimum Gasteiger partial charge on any atom is -0.504 e. The van der Waals surface area contributed by atoms with Crippen LogP contribution in [0.4, 0.5) is 0 Å². The molecule has 5 nitrogen and oxygen atoms in total. The van der Waals surface area contributed by atoms with Crippen molar-refractivity contribution in [1.82, 2.24) is 10.6 Å². The molecule has 0 bridgehead atoms. The summed E-state index contributed by atoms with van der Waals surface area (Å²) in [6, 6.07) is 5.59. The third-order valence-corrected chi connectivity index (χ3v) is 2.88. The summed E-state index contributed by atoms with van der Waals surface area (Å²) in [5.74, 6) is 0.646. The van der Waals surface area contributed by atoms with E-state index in [0.29, 0.717) is 31.5 Å². The quantitative estimate of drug-likeness (QED) is 0.691. The molecule has 1 amide bonds. The summed E-state index contributed by atoms with van der Waals surface area (Å²) in [5.41, 5.74) is 0.973. The number of phenols is 1. The lowest BCUT2D eigenvalue weighted by molar-refractivity contribution is -0.120. The number of hydrogen-bond acceptors (Lipinski definition) is 4. The van der Waals surface area contributed by atoms with Crippen LogP contribution in [-0.4, -0.2) is 30.2 Å². The zero-order chi connectivity index (χ0) is 13.7. The second kappa shape index (κ2) is 6.43. The van der Waals surface area contributed by atoms with Crippen LogP contribution in [0.5, 0.6) is 11.5 Å². The summed E-state index contributed by atoms with van der Waals surface area (Å²) < 4.78 is 5.31. The van der Waals surface area contributed by atoms with Gasteiger partial charge in [-0.3, -0.25) is 4.79 Å². The predicted molar refractivity (Wildman–Crippen MR) is 72.1 cm³/mol. The number of carbonyl (C=O) groups excluding carboxylic acids is 1. The van der Waals surface area contributed by atoms with Crippen molar-refractivity contribution in [2.45, 2.75) is 32.4 Å². The van der Waals surface area contributed by atoms with Crippen LogP contribution in [0, 0.1) is 0 Å². The molecule has 1 fully saturated rings. The molecule has 5 heteroatoms. The first kappa shape index (κ1) is 13.7. The minimum atomic E-state index is 0.0336. The van der Waals surface area contributed by atoms with E-state index in [4.69, 9.17) is 4.74 Å². The van der Waals surface area contributed by atoms with E-state index in [1.54, 1.807) is 12.1 Å². The molecule has 2 rings (SSSR count). The smallest absolute Gasteiger partial charge is 0.234 e. The van der Waals surface area contributed by atoms with Gasteiger partial charge in [-0.25, -0.2) is 0 Å². The number of nitrogens with one attached hydrogen (secondary N) is 2. The number of carbonyl (C=O) groups is 1. The van der Waals surface area contributed by atoms with Gasteiger partial charge in [-0.05, 0) is 37.5 Å². The predicted octanol–water partition coefficient (Wildman–Crippen LogP) is 1.16. The Bertz CT molecular complexity index is 444. The molecule has 0 unspecified atom stereocenters. The normalized spacial score (nSPS) is 14.2. The van der Waals surface area contributed by atoms with Crippen molar-refractivity contribution in [1.29, 1.82) is 0 Å². The first-order chi connectivity index (χ1) is 9.19. The van der Waals surface area contributed by atoms with Crippen LogP contribution in [0.3, 0.4) is 0 Å². The molecule has 0 aromatic heterocycles. The highest BCUT2D eigenvalue weighted by atomic mass is 16.5. The number of hydrogen-bond donors (Lipinski definition) is 3. The van der Waals surface area contributed by atoms with Crippen LogP contribution in [-0.2, 0) is 11.3 Å². The van der Waals surface area contributed by atoms with E-state index in [1.165, 1.54) is 0 Å². The van der Waals surface area contributed by atoms with Gasteiger partial charge in [-0.15, -0.1) is 0 Å². The van der Waals surface area contributed by atoms with E-state index in [1.807, 2.05) is 13.0 Å². The van der Waals surface area contributed by atoms with Crippen LogP contribution in [0.25, 0.3) is 0 Å². The van der Waals surface area contributed by atoms with Gasteiger partial charge in [0.15, 0.2) is 11.5 Å². The summed E-state index contributed by atoms with van der Waals surface area (Å²) in [4.78, 5) is 11.5. The number of aromatic hydroxyl groups is 1. The minimum absolute atomic E-state index is 0.0336. The maximum Gasteiger partial charge on any atom is 0.234 e. The lowest BCUT2D eigenvalue weighted by Crippen LogP contribution is -2.34. The van der Waals surface area contributed by atoms with Crippen LogP contribution >= 0.6 is 0 Å². The number of phenolic OH excluding ortho intramolecular Hbond substituents is 1. The average Bonchev–Trinajstić information content (AvgIpc) is 3.17. The standard InChI is InChI=1S/C14H20N2O3/c1-2-19-13-7-10(3-6-12(13)17)8-15-9-14(18)16-11-4-5-11/h3,6-7,11,15,17H,2,4-5,8-9H2,1H3,(H,16,18). The van der Waals surface area contributed by atoms with Crippen molar-refractivity contribution in [2.75, 3.05) is 13.2 Å². The first-order valence-electron chi connectivity index (χ1n) is 6.64. The largest absolute Gasteiger partial charge is 0.504 e. The van der Waals surface area contributed by atoms with Crippen LogP contribution < -0.4 is 15.4 Å². The zero-order valence-corrected chi connectivity index (χ0v) is 11.1. The number of benzene rings is 1. The first-order valence-corrected chi connectivity index (χ1v) is 6.64. The highest BCUT2D eigenvalue weighted by molar-refractivity contribution is 5.78. The van der Waals surface area contributed by atoms with E-state index in [0.717, 1.165) is 18.4 Å². The fourth-order valence-corrected chi connectivity index (χ4v) is 1.77. The van der Waals surface area contributed by atoms with Gasteiger partial charge in [0, 0.05) is 12.6 Å². The summed E-state index contributed by atoms with van der Waals surface area (Å²) in [6.07, 6.45) is 2.20. The van der Waals surface area contributed by atoms with Crippen molar-refractivity contribution >= 4 is 5.91 Å². The van der Waals surface area contributed by atoms with Gasteiger partial charge in [-0.2, -0.15) is 0 Å². The summed E-state index contributed by atoms with van der Waals surface area (Å²) in [7, 11) is 0. The Morgan fingerprint density at radius 3 is 2.95 bits per heavy atom. The third-order valence-electron chi connectivity index (χ3n) is 2.88. The van der Waals surface area contributed by atoms with Crippen molar-refractivity contribution in [3.05, 3.63) is 23.8 Å². The number of amides is 1. The highest BCUT2D eigenvalue weighted by Crippen LogP contribution is 2.26. The number of rotatable bonds is 7. The van der Waals surface area contributed by atoms with Crippen LogP contribution in [0.1, 0.15) is 25.3 Å². The Morgan fingerprint density at radius 1 is 1.47 bits per heavy atom. The Hall–Kier alpha value is -1.75. The van der Waals surface area contributed by atoms with E-state index in [2.05, 4.69) is 10.6 Å². The SMILES string of the molecule is CCOc1cc(CNCC(=O)NC2CC2)ccc1O. The number of ether oxygens (including phenoxy) is 1. The van der Waals surface area contributed by atoms with Gasteiger partial charge < -0.3 is 20.5 Å². The molecule has 1 aromatic carbocycles. The van der Waals surface area contributed by atoms with Crippen LogP contribution in [0.2, 0.25) is 0 Å². The second-order valence-electron chi connectivity index (χ2n) is 4.68. The molecule has 0 heterocycles. The van der Waals surface area contributed by atoms with E-state index < -0.39 is 0 Å². The van der Waals surface area contributed by atoms with Crippen molar-refractivity contribution in [3.8, 4) is 11.5 Å². The summed E-state index contributed by atoms with van der Waals surface area (Å²) in [5, 5.41) is 15.6. The van der Waals surface area contributed by atoms with Gasteiger partial charge >= 0.3 is 0 Å². The fourth-order valence-electron chi connectivity index (χ4n) is 1.77. The Morgan fingerprint density at radius 2 is 2.26 bits per heavy atom. The topological polar surface area (TPSA) is 70.6 Å². The maximum absolute atomic E-state index is 11.5. The van der Waals surface area contributed by atoms with Crippen molar-refractivity contribution in [2.24, 2.45) is 0 Å². The molecule has 1 aliphatic rings. The molecule has 0 spiro atoms.